The molecule has 0 unspecified atom stereocenters. The topological polar surface area (TPSA) is 75.1 Å². The van der Waals surface area contributed by atoms with Gasteiger partial charge in [0.05, 0.1) is 5.52 Å². The minimum Gasteiger partial charge on any atom is -0.480 e. The van der Waals surface area contributed by atoms with E-state index in [0.717, 1.165) is 16.5 Å². The molecule has 1 heterocycles. The Morgan fingerprint density at radius 2 is 2.18 bits per heavy atom. The van der Waals surface area contributed by atoms with E-state index >= 15 is 0 Å². The number of nitrogens with one attached hydrogen (secondary N) is 1. The fourth-order valence-electron chi connectivity index (χ4n) is 1.62. The maximum absolute atomic E-state index is 10.8. The Kier molecular flexibility index (Phi) is 2.91. The van der Waals surface area contributed by atoms with Crippen LogP contribution in [0.15, 0.2) is 24.5 Å². The monoisotopic (exact) mass is 231 g/mol. The molecule has 5 heteroatoms. The number of carboxylic acid groups (broad SMARTS) is 1. The molecule has 0 saturated heterocycles. The van der Waals surface area contributed by atoms with Crippen molar-refractivity contribution in [3.05, 3.63) is 30.1 Å². The Labute approximate surface area is 98.5 Å². The van der Waals surface area contributed by atoms with Gasteiger partial charge in [-0.25, -0.2) is 9.97 Å². The first-order valence-corrected chi connectivity index (χ1v) is 5.29. The number of hydrogen-bond donors (Lipinski definition) is 2. The van der Waals surface area contributed by atoms with Gasteiger partial charge in [0.15, 0.2) is 0 Å². The second-order valence-electron chi connectivity index (χ2n) is 3.90. The van der Waals surface area contributed by atoms with Crippen LogP contribution in [0.3, 0.4) is 0 Å². The molecular weight excluding hydrogens is 218 g/mol. The number of nitrogens with zero attached hydrogens (tertiary/aromatic N) is 2. The molecule has 0 amide bonds. The van der Waals surface area contributed by atoms with E-state index in [1.807, 2.05) is 25.1 Å². The predicted octanol–water partition coefficient (Wildman–Crippen LogP) is 1.82. The van der Waals surface area contributed by atoms with Crippen molar-refractivity contribution in [2.24, 2.45) is 0 Å². The van der Waals surface area contributed by atoms with Crippen molar-refractivity contribution in [3.63, 3.8) is 0 Å². The van der Waals surface area contributed by atoms with E-state index in [-0.39, 0.29) is 0 Å². The van der Waals surface area contributed by atoms with Gasteiger partial charge < -0.3 is 10.4 Å². The number of para-hydroxylation sites is 1. The molecule has 17 heavy (non-hydrogen) atoms. The maximum Gasteiger partial charge on any atom is 0.325 e. The van der Waals surface area contributed by atoms with Crippen LogP contribution < -0.4 is 5.32 Å². The maximum atomic E-state index is 10.8. The first kappa shape index (κ1) is 11.3. The van der Waals surface area contributed by atoms with Crippen molar-refractivity contribution in [2.75, 3.05) is 5.32 Å². The lowest BCUT2D eigenvalue weighted by Gasteiger charge is -2.12. The number of fused-ring (bicyclic) bond motifs is 1. The van der Waals surface area contributed by atoms with Crippen LogP contribution in [0.4, 0.5) is 5.82 Å². The van der Waals surface area contributed by atoms with Gasteiger partial charge in [-0.15, -0.1) is 0 Å². The zero-order valence-corrected chi connectivity index (χ0v) is 9.64. The number of aliphatic carboxylic acids is 1. The Hall–Kier alpha value is -2.17. The van der Waals surface area contributed by atoms with Crippen LogP contribution in [0.5, 0.6) is 0 Å². The lowest BCUT2D eigenvalue weighted by Crippen LogP contribution is -2.26. The molecular formula is C12H13N3O2. The van der Waals surface area contributed by atoms with Gasteiger partial charge in [0.25, 0.3) is 0 Å². The summed E-state index contributed by atoms with van der Waals surface area (Å²) in [5.74, 6) is -0.363. The van der Waals surface area contributed by atoms with Crippen LogP contribution in [0.25, 0.3) is 10.9 Å². The molecule has 0 aliphatic carbocycles. The minimum absolute atomic E-state index is 0.550. The third kappa shape index (κ3) is 2.18. The van der Waals surface area contributed by atoms with Gasteiger partial charge in [0, 0.05) is 5.39 Å². The third-order valence-electron chi connectivity index (χ3n) is 2.59. The van der Waals surface area contributed by atoms with E-state index in [1.54, 1.807) is 6.92 Å². The van der Waals surface area contributed by atoms with E-state index < -0.39 is 12.0 Å². The van der Waals surface area contributed by atoms with E-state index in [0.29, 0.717) is 5.82 Å². The van der Waals surface area contributed by atoms with Gasteiger partial charge >= 0.3 is 5.97 Å². The predicted molar refractivity (Wildman–Crippen MR) is 65.0 cm³/mol. The number of carboxylic acids is 1. The summed E-state index contributed by atoms with van der Waals surface area (Å²) in [6.07, 6.45) is 1.44. The van der Waals surface area contributed by atoms with Crippen LogP contribution in [0, 0.1) is 6.92 Å². The molecule has 88 valence electrons. The summed E-state index contributed by atoms with van der Waals surface area (Å²) in [6.45, 7) is 3.53. The quantitative estimate of drug-likeness (QED) is 0.842. The molecule has 1 aromatic heterocycles. The second-order valence-corrected chi connectivity index (χ2v) is 3.90. The number of aryl methyl sites for hydroxylation is 1. The van der Waals surface area contributed by atoms with Crippen molar-refractivity contribution in [2.45, 2.75) is 19.9 Å². The van der Waals surface area contributed by atoms with E-state index in [4.69, 9.17) is 5.11 Å². The zero-order chi connectivity index (χ0) is 12.4. The SMILES string of the molecule is Cc1cccc2c(N[C@H](C)C(=O)O)ncnc12. The number of benzene rings is 1. The van der Waals surface area contributed by atoms with Gasteiger partial charge in [0.1, 0.15) is 18.2 Å². The summed E-state index contributed by atoms with van der Waals surface area (Å²) >= 11 is 0. The molecule has 0 aliphatic rings. The Morgan fingerprint density at radius 1 is 1.41 bits per heavy atom. The molecule has 1 aromatic carbocycles. The number of aromatic nitrogens is 2. The van der Waals surface area contributed by atoms with E-state index in [2.05, 4.69) is 15.3 Å². The largest absolute Gasteiger partial charge is 0.480 e. The molecule has 0 aliphatic heterocycles. The van der Waals surface area contributed by atoms with Crippen molar-refractivity contribution in [1.29, 1.82) is 0 Å². The fourth-order valence-corrected chi connectivity index (χ4v) is 1.62. The third-order valence-corrected chi connectivity index (χ3v) is 2.59. The average molecular weight is 231 g/mol. The van der Waals surface area contributed by atoms with Gasteiger partial charge in [0.2, 0.25) is 0 Å². The lowest BCUT2D eigenvalue weighted by atomic mass is 10.1. The first-order chi connectivity index (χ1) is 8.09. The standard InChI is InChI=1S/C12H13N3O2/c1-7-4-3-5-9-10(7)13-6-14-11(9)15-8(2)12(16)17/h3-6,8H,1-2H3,(H,16,17)(H,13,14,15)/t8-/m1/s1. The number of anilines is 1. The molecule has 0 bridgehead atoms. The van der Waals surface area contributed by atoms with Crippen molar-refractivity contribution in [3.8, 4) is 0 Å². The second kappa shape index (κ2) is 4.37. The van der Waals surface area contributed by atoms with Crippen LogP contribution in [0.2, 0.25) is 0 Å². The molecule has 5 nitrogen and oxygen atoms in total. The molecule has 0 fully saturated rings. The van der Waals surface area contributed by atoms with Crippen molar-refractivity contribution >= 4 is 22.7 Å². The number of rotatable bonds is 3. The summed E-state index contributed by atoms with van der Waals surface area (Å²) in [5, 5.41) is 12.6. The van der Waals surface area contributed by atoms with Gasteiger partial charge in [-0.3, -0.25) is 4.79 Å². The summed E-state index contributed by atoms with van der Waals surface area (Å²) < 4.78 is 0. The lowest BCUT2D eigenvalue weighted by molar-refractivity contribution is -0.137. The molecule has 2 aromatic rings. The summed E-state index contributed by atoms with van der Waals surface area (Å²) in [4.78, 5) is 19.1. The molecule has 2 N–H and O–H groups in total. The Morgan fingerprint density at radius 3 is 2.88 bits per heavy atom. The van der Waals surface area contributed by atoms with E-state index in [1.165, 1.54) is 6.33 Å². The summed E-state index contributed by atoms with van der Waals surface area (Å²) in [5.41, 5.74) is 1.87. The van der Waals surface area contributed by atoms with Crippen molar-refractivity contribution in [1.82, 2.24) is 9.97 Å². The van der Waals surface area contributed by atoms with E-state index in [9.17, 15) is 4.79 Å². The van der Waals surface area contributed by atoms with Crippen LogP contribution in [-0.2, 0) is 4.79 Å². The normalized spacial score (nSPS) is 12.4. The van der Waals surface area contributed by atoms with Crippen LogP contribution in [-0.4, -0.2) is 27.1 Å². The molecule has 0 spiro atoms. The van der Waals surface area contributed by atoms with Gasteiger partial charge in [-0.2, -0.15) is 0 Å². The molecule has 0 saturated carbocycles. The molecule has 1 atom stereocenters. The fraction of sp³-hybridized carbons (Fsp3) is 0.250. The summed E-state index contributed by atoms with van der Waals surface area (Å²) in [6, 6.07) is 5.05. The van der Waals surface area contributed by atoms with Crippen LogP contribution >= 0.6 is 0 Å². The zero-order valence-electron chi connectivity index (χ0n) is 9.64. The number of hydrogen-bond acceptors (Lipinski definition) is 4. The van der Waals surface area contributed by atoms with Crippen LogP contribution in [0.1, 0.15) is 12.5 Å². The highest BCUT2D eigenvalue weighted by Crippen LogP contribution is 2.21. The summed E-state index contributed by atoms with van der Waals surface area (Å²) in [7, 11) is 0. The highest BCUT2D eigenvalue weighted by Gasteiger charge is 2.13. The average Bonchev–Trinajstić information content (AvgIpc) is 2.30. The Bertz CT molecular complexity index is 569. The van der Waals surface area contributed by atoms with Crippen molar-refractivity contribution < 1.29 is 9.90 Å². The van der Waals surface area contributed by atoms with Gasteiger partial charge in [-0.05, 0) is 25.5 Å². The smallest absolute Gasteiger partial charge is 0.325 e. The number of carbonyl (C=O) groups is 1. The molecule has 0 radical (unpaired) electrons. The minimum atomic E-state index is -0.913. The highest BCUT2D eigenvalue weighted by molar-refractivity contribution is 5.92. The highest BCUT2D eigenvalue weighted by atomic mass is 16.4. The van der Waals surface area contributed by atoms with Gasteiger partial charge in [-0.1, -0.05) is 12.1 Å². The first-order valence-electron chi connectivity index (χ1n) is 5.29. The molecule has 2 rings (SSSR count). The Balaban J connectivity index is 2.48.